The zero-order chi connectivity index (χ0) is 17.0. The van der Waals surface area contributed by atoms with Crippen molar-refractivity contribution in [3.63, 3.8) is 0 Å². The fourth-order valence-electron chi connectivity index (χ4n) is 2.90. The molecule has 1 aliphatic rings. The molecule has 6 heteroatoms. The first-order valence-corrected chi connectivity index (χ1v) is 10.00. The predicted octanol–water partition coefficient (Wildman–Crippen LogP) is 3.46. The second kappa shape index (κ2) is 7.55. The van der Waals surface area contributed by atoms with Gasteiger partial charge in [0.2, 0.25) is 10.0 Å². The third kappa shape index (κ3) is 4.29. The van der Waals surface area contributed by atoms with E-state index < -0.39 is 10.0 Å². The minimum atomic E-state index is -3.52. The Kier molecular flexibility index (Phi) is 5.43. The van der Waals surface area contributed by atoms with Crippen molar-refractivity contribution in [1.29, 1.82) is 0 Å². The summed E-state index contributed by atoms with van der Waals surface area (Å²) in [4.78, 5) is 2.57. The van der Waals surface area contributed by atoms with Gasteiger partial charge in [-0.05, 0) is 55.2 Å². The summed E-state index contributed by atoms with van der Waals surface area (Å²) < 4.78 is 27.1. The Bertz CT molecular complexity index is 785. The van der Waals surface area contributed by atoms with Gasteiger partial charge in [-0.25, -0.2) is 13.1 Å². The normalized spacial score (nSPS) is 15.0. The molecule has 24 heavy (non-hydrogen) atoms. The molecule has 0 bridgehead atoms. The van der Waals surface area contributed by atoms with E-state index in [1.165, 1.54) is 24.6 Å². The van der Waals surface area contributed by atoms with E-state index in [0.29, 0.717) is 18.0 Å². The van der Waals surface area contributed by atoms with E-state index in [1.54, 1.807) is 18.2 Å². The van der Waals surface area contributed by atoms with Crippen LogP contribution in [0.25, 0.3) is 0 Å². The highest BCUT2D eigenvalue weighted by molar-refractivity contribution is 7.89. The van der Waals surface area contributed by atoms with Gasteiger partial charge in [-0.3, -0.25) is 0 Å². The van der Waals surface area contributed by atoms with E-state index in [4.69, 9.17) is 11.6 Å². The summed E-state index contributed by atoms with van der Waals surface area (Å²) in [5, 5.41) is 0.412. The van der Waals surface area contributed by atoms with Crippen molar-refractivity contribution in [2.75, 3.05) is 24.5 Å². The lowest BCUT2D eigenvalue weighted by atomic mass is 10.1. The lowest BCUT2D eigenvalue weighted by Gasteiger charge is -2.17. The van der Waals surface area contributed by atoms with Gasteiger partial charge in [0.25, 0.3) is 0 Å². The van der Waals surface area contributed by atoms with Gasteiger partial charge in [0.05, 0.1) is 4.90 Å². The van der Waals surface area contributed by atoms with Crippen molar-refractivity contribution in [3.05, 3.63) is 59.1 Å². The first kappa shape index (κ1) is 17.3. The van der Waals surface area contributed by atoms with Gasteiger partial charge in [0.1, 0.15) is 0 Å². The predicted molar refractivity (Wildman–Crippen MR) is 98.2 cm³/mol. The summed E-state index contributed by atoms with van der Waals surface area (Å²) in [7, 11) is -3.52. The zero-order valence-electron chi connectivity index (χ0n) is 13.4. The Balaban J connectivity index is 1.56. The van der Waals surface area contributed by atoms with Gasteiger partial charge >= 0.3 is 0 Å². The van der Waals surface area contributed by atoms with Gasteiger partial charge < -0.3 is 4.90 Å². The summed E-state index contributed by atoms with van der Waals surface area (Å²) in [6.45, 7) is 2.61. The Morgan fingerprint density at radius 1 is 1.04 bits per heavy atom. The minimum Gasteiger partial charge on any atom is -0.372 e. The molecule has 1 saturated heterocycles. The average molecular weight is 365 g/mol. The van der Waals surface area contributed by atoms with E-state index >= 15 is 0 Å². The molecule has 3 rings (SSSR count). The molecule has 1 N–H and O–H groups in total. The minimum absolute atomic E-state index is 0.194. The van der Waals surface area contributed by atoms with Gasteiger partial charge in [-0.2, -0.15) is 0 Å². The maximum Gasteiger partial charge on any atom is 0.240 e. The van der Waals surface area contributed by atoms with Crippen LogP contribution in [0.1, 0.15) is 18.4 Å². The van der Waals surface area contributed by atoms with Crippen LogP contribution in [-0.4, -0.2) is 28.1 Å². The van der Waals surface area contributed by atoms with Crippen molar-refractivity contribution < 1.29 is 8.42 Å². The number of rotatable bonds is 6. The molecule has 2 aromatic carbocycles. The number of sulfonamides is 1. The highest BCUT2D eigenvalue weighted by Crippen LogP contribution is 2.20. The lowest BCUT2D eigenvalue weighted by Crippen LogP contribution is -2.26. The smallest absolute Gasteiger partial charge is 0.240 e. The number of anilines is 1. The van der Waals surface area contributed by atoms with Crippen LogP contribution in [0.3, 0.4) is 0 Å². The summed E-state index contributed by atoms with van der Waals surface area (Å²) in [5.74, 6) is 0. The van der Waals surface area contributed by atoms with Crippen LogP contribution in [0.15, 0.2) is 53.4 Å². The molecule has 0 aromatic heterocycles. The fraction of sp³-hybridized carbons (Fsp3) is 0.333. The topological polar surface area (TPSA) is 49.4 Å². The van der Waals surface area contributed by atoms with E-state index in [0.717, 1.165) is 18.7 Å². The molecular weight excluding hydrogens is 344 g/mol. The maximum absolute atomic E-state index is 12.2. The third-order valence-electron chi connectivity index (χ3n) is 4.22. The van der Waals surface area contributed by atoms with Crippen molar-refractivity contribution in [2.45, 2.75) is 24.2 Å². The molecule has 1 heterocycles. The summed E-state index contributed by atoms with van der Waals surface area (Å²) in [6, 6.07) is 14.7. The average Bonchev–Trinajstić information content (AvgIpc) is 3.10. The first-order valence-electron chi connectivity index (χ1n) is 8.14. The Morgan fingerprint density at radius 2 is 1.75 bits per heavy atom. The molecule has 128 valence electrons. The van der Waals surface area contributed by atoms with E-state index in [-0.39, 0.29) is 4.90 Å². The van der Waals surface area contributed by atoms with Crippen molar-refractivity contribution in [2.24, 2.45) is 0 Å². The zero-order valence-corrected chi connectivity index (χ0v) is 15.0. The number of hydrogen-bond donors (Lipinski definition) is 1. The Labute approximate surface area is 148 Å². The van der Waals surface area contributed by atoms with Crippen LogP contribution in [0.2, 0.25) is 5.02 Å². The van der Waals surface area contributed by atoms with Crippen LogP contribution >= 0.6 is 11.6 Å². The second-order valence-corrected chi connectivity index (χ2v) is 8.17. The quantitative estimate of drug-likeness (QED) is 0.853. The Hall–Kier alpha value is -1.56. The fourth-order valence-corrected chi connectivity index (χ4v) is 4.23. The molecule has 0 spiro atoms. The lowest BCUT2D eigenvalue weighted by molar-refractivity contribution is 0.581. The molecule has 2 aromatic rings. The number of nitrogens with zero attached hydrogens (tertiary/aromatic N) is 1. The SMILES string of the molecule is O=S(=O)(NCCc1ccc(N2CCCC2)cc1)c1cccc(Cl)c1. The van der Waals surface area contributed by atoms with Crippen LogP contribution in [-0.2, 0) is 16.4 Å². The largest absolute Gasteiger partial charge is 0.372 e. The van der Waals surface area contributed by atoms with E-state index in [2.05, 4.69) is 33.9 Å². The van der Waals surface area contributed by atoms with E-state index in [9.17, 15) is 8.42 Å². The molecule has 0 unspecified atom stereocenters. The van der Waals surface area contributed by atoms with Crippen molar-refractivity contribution in [1.82, 2.24) is 4.72 Å². The molecule has 0 saturated carbocycles. The Morgan fingerprint density at radius 3 is 2.42 bits per heavy atom. The summed E-state index contributed by atoms with van der Waals surface area (Å²) in [6.07, 6.45) is 3.17. The molecule has 1 aliphatic heterocycles. The second-order valence-electron chi connectivity index (χ2n) is 5.97. The molecule has 0 aliphatic carbocycles. The van der Waals surface area contributed by atoms with Crippen LogP contribution in [0.4, 0.5) is 5.69 Å². The number of halogens is 1. The van der Waals surface area contributed by atoms with Crippen LogP contribution in [0.5, 0.6) is 0 Å². The van der Waals surface area contributed by atoms with Crippen molar-refractivity contribution in [3.8, 4) is 0 Å². The molecule has 1 fully saturated rings. The molecule has 4 nitrogen and oxygen atoms in total. The number of hydrogen-bond acceptors (Lipinski definition) is 3. The van der Waals surface area contributed by atoms with Gasteiger partial charge in [0.15, 0.2) is 0 Å². The van der Waals surface area contributed by atoms with Gasteiger partial charge in [-0.1, -0.05) is 29.8 Å². The highest BCUT2D eigenvalue weighted by Gasteiger charge is 2.14. The number of nitrogens with one attached hydrogen (secondary N) is 1. The summed E-state index contributed by atoms with van der Waals surface area (Å²) in [5.41, 5.74) is 2.36. The van der Waals surface area contributed by atoms with Gasteiger partial charge in [0, 0.05) is 30.3 Å². The summed E-state index contributed by atoms with van der Waals surface area (Å²) >= 11 is 5.85. The van der Waals surface area contributed by atoms with E-state index in [1.807, 2.05) is 0 Å². The van der Waals surface area contributed by atoms with Crippen LogP contribution in [0, 0.1) is 0 Å². The molecule has 0 radical (unpaired) electrons. The number of benzene rings is 2. The third-order valence-corrected chi connectivity index (χ3v) is 5.91. The van der Waals surface area contributed by atoms with Crippen molar-refractivity contribution >= 4 is 27.3 Å². The monoisotopic (exact) mass is 364 g/mol. The molecule has 0 amide bonds. The standard InChI is InChI=1S/C18H21ClN2O2S/c19-16-4-3-5-18(14-16)24(22,23)20-11-10-15-6-8-17(9-7-15)21-12-1-2-13-21/h3-9,14,20H,1-2,10-13H2. The highest BCUT2D eigenvalue weighted by atomic mass is 35.5. The molecular formula is C18H21ClN2O2S. The van der Waals surface area contributed by atoms with Gasteiger partial charge in [-0.15, -0.1) is 0 Å². The maximum atomic E-state index is 12.2. The first-order chi connectivity index (χ1) is 11.5. The van der Waals surface area contributed by atoms with Crippen LogP contribution < -0.4 is 9.62 Å². The molecule has 0 atom stereocenters.